The molecule has 6 nitrogen and oxygen atoms in total. The normalized spacial score (nSPS) is 12.9. The molecule has 0 aromatic heterocycles. The summed E-state index contributed by atoms with van der Waals surface area (Å²) in [5.74, 6) is -0.130. The Morgan fingerprint density at radius 1 is 0.500 bits per heavy atom. The van der Waals surface area contributed by atoms with Gasteiger partial charge >= 0.3 is 5.97 Å². The third-order valence-electron chi connectivity index (χ3n) is 10.7. The SMILES string of the molecule is CCCCCCCCCCCCCC/C=C/C(O)C(CO)NC(=O)CCCCCCC/C=C\CCCCOC(=O)CCCCCCCCCCCCCC. The smallest absolute Gasteiger partial charge is 0.305 e. The zero-order valence-corrected chi connectivity index (χ0v) is 36.0. The minimum absolute atomic E-state index is 0.0330. The Kier molecular flexibility index (Phi) is 42.7. The summed E-state index contributed by atoms with van der Waals surface area (Å²) in [6, 6.07) is -0.647. The molecule has 0 aliphatic carbocycles. The molecule has 0 rings (SSSR count). The van der Waals surface area contributed by atoms with Gasteiger partial charge in [0.05, 0.1) is 25.4 Å². The summed E-state index contributed by atoms with van der Waals surface area (Å²) in [5, 5.41) is 23.0. The Morgan fingerprint density at radius 3 is 1.31 bits per heavy atom. The number of ether oxygens (including phenoxy) is 1. The zero-order valence-electron chi connectivity index (χ0n) is 36.0. The first kappa shape index (κ1) is 52.3. The molecule has 0 aliphatic heterocycles. The Balaban J connectivity index is 3.57. The van der Waals surface area contributed by atoms with Crippen LogP contribution in [0.4, 0.5) is 0 Å². The van der Waals surface area contributed by atoms with Crippen molar-refractivity contribution in [2.24, 2.45) is 0 Å². The van der Waals surface area contributed by atoms with E-state index < -0.39 is 12.1 Å². The van der Waals surface area contributed by atoms with Gasteiger partial charge in [-0.15, -0.1) is 0 Å². The third-order valence-corrected chi connectivity index (χ3v) is 10.7. The fourth-order valence-electron chi connectivity index (χ4n) is 7.04. The van der Waals surface area contributed by atoms with Gasteiger partial charge in [0.1, 0.15) is 0 Å². The predicted molar refractivity (Wildman–Crippen MR) is 232 cm³/mol. The van der Waals surface area contributed by atoms with Gasteiger partial charge in [-0.3, -0.25) is 9.59 Å². The third kappa shape index (κ3) is 40.0. The van der Waals surface area contributed by atoms with E-state index in [2.05, 4.69) is 31.3 Å². The lowest BCUT2D eigenvalue weighted by Crippen LogP contribution is -2.45. The number of aliphatic hydroxyl groups is 2. The summed E-state index contributed by atoms with van der Waals surface area (Å²) in [6.45, 7) is 4.81. The lowest BCUT2D eigenvalue weighted by molar-refractivity contribution is -0.143. The number of esters is 1. The summed E-state index contributed by atoms with van der Waals surface area (Å²) in [6.07, 6.45) is 50.2. The first-order valence-corrected chi connectivity index (χ1v) is 23.6. The van der Waals surface area contributed by atoms with Crippen LogP contribution in [0.1, 0.15) is 245 Å². The second-order valence-electron chi connectivity index (χ2n) is 16.1. The van der Waals surface area contributed by atoms with Crippen molar-refractivity contribution in [2.45, 2.75) is 257 Å². The summed E-state index contributed by atoms with van der Waals surface area (Å²) >= 11 is 0. The van der Waals surface area contributed by atoms with E-state index in [4.69, 9.17) is 4.74 Å². The topological polar surface area (TPSA) is 95.9 Å². The molecule has 0 heterocycles. The number of hydrogen-bond donors (Lipinski definition) is 3. The van der Waals surface area contributed by atoms with E-state index in [1.165, 1.54) is 135 Å². The summed E-state index contributed by atoms with van der Waals surface area (Å²) < 4.78 is 5.42. The molecular formula is C48H91NO5. The van der Waals surface area contributed by atoms with Gasteiger partial charge in [-0.05, 0) is 57.8 Å². The average molecular weight is 762 g/mol. The molecular weight excluding hydrogens is 671 g/mol. The molecule has 54 heavy (non-hydrogen) atoms. The number of allylic oxidation sites excluding steroid dienone is 3. The minimum Gasteiger partial charge on any atom is -0.466 e. The number of unbranched alkanes of at least 4 members (excludes halogenated alkanes) is 30. The number of carbonyl (C=O) groups is 2. The van der Waals surface area contributed by atoms with Gasteiger partial charge in [0.2, 0.25) is 5.91 Å². The molecule has 2 unspecified atom stereocenters. The Morgan fingerprint density at radius 2 is 0.870 bits per heavy atom. The molecule has 0 fully saturated rings. The van der Waals surface area contributed by atoms with E-state index in [1.54, 1.807) is 6.08 Å². The highest BCUT2D eigenvalue weighted by Crippen LogP contribution is 2.15. The van der Waals surface area contributed by atoms with E-state index in [1.807, 2.05) is 6.08 Å². The molecule has 1 amide bonds. The number of aliphatic hydroxyl groups excluding tert-OH is 2. The van der Waals surface area contributed by atoms with E-state index in [0.29, 0.717) is 19.4 Å². The minimum atomic E-state index is -0.861. The molecule has 6 heteroatoms. The molecule has 0 saturated carbocycles. The monoisotopic (exact) mass is 762 g/mol. The van der Waals surface area contributed by atoms with Gasteiger partial charge in [-0.2, -0.15) is 0 Å². The summed E-state index contributed by atoms with van der Waals surface area (Å²) in [7, 11) is 0. The molecule has 0 bridgehead atoms. The van der Waals surface area contributed by atoms with Crippen molar-refractivity contribution in [3.8, 4) is 0 Å². The number of carbonyl (C=O) groups excluding carboxylic acids is 2. The molecule has 0 spiro atoms. The van der Waals surface area contributed by atoms with Crippen LogP contribution in [0.5, 0.6) is 0 Å². The summed E-state index contributed by atoms with van der Waals surface area (Å²) in [4.78, 5) is 24.4. The van der Waals surface area contributed by atoms with Crippen LogP contribution in [-0.2, 0) is 14.3 Å². The standard InChI is InChI=1S/C48H91NO5/c1-3-5-7-9-11-13-15-17-18-20-24-28-32-36-40-46(51)45(44-50)49-47(52)41-37-33-29-25-21-19-23-27-31-35-39-43-54-48(53)42-38-34-30-26-22-16-14-12-10-8-6-4-2/h23,27,36,40,45-46,50-51H,3-22,24-26,28-35,37-39,41-44H2,1-2H3,(H,49,52)/b27-23-,40-36+. The Labute approximate surface area is 335 Å². The highest BCUT2D eigenvalue weighted by molar-refractivity contribution is 5.76. The number of nitrogens with one attached hydrogen (secondary N) is 1. The molecule has 318 valence electrons. The van der Waals surface area contributed by atoms with Crippen LogP contribution in [-0.4, -0.2) is 47.4 Å². The van der Waals surface area contributed by atoms with Crippen LogP contribution in [0.3, 0.4) is 0 Å². The molecule has 3 N–H and O–H groups in total. The summed E-state index contributed by atoms with van der Waals surface area (Å²) in [5.41, 5.74) is 0. The fraction of sp³-hybridized carbons (Fsp3) is 0.875. The van der Waals surface area contributed by atoms with Gasteiger partial charge in [0, 0.05) is 12.8 Å². The molecule has 2 atom stereocenters. The largest absolute Gasteiger partial charge is 0.466 e. The zero-order chi connectivity index (χ0) is 39.4. The molecule has 0 aromatic carbocycles. The lowest BCUT2D eigenvalue weighted by Gasteiger charge is -2.20. The van der Waals surface area contributed by atoms with Crippen LogP contribution < -0.4 is 5.32 Å². The van der Waals surface area contributed by atoms with Gasteiger partial charge < -0.3 is 20.3 Å². The van der Waals surface area contributed by atoms with E-state index in [-0.39, 0.29) is 18.5 Å². The first-order chi connectivity index (χ1) is 26.5. The number of rotatable bonds is 43. The lowest BCUT2D eigenvalue weighted by atomic mass is 10.0. The van der Waals surface area contributed by atoms with Crippen molar-refractivity contribution >= 4 is 11.9 Å². The van der Waals surface area contributed by atoms with Crippen LogP contribution in [0.15, 0.2) is 24.3 Å². The highest BCUT2D eigenvalue weighted by Gasteiger charge is 2.18. The van der Waals surface area contributed by atoms with Crippen LogP contribution in [0.25, 0.3) is 0 Å². The van der Waals surface area contributed by atoms with Crippen molar-refractivity contribution in [3.05, 3.63) is 24.3 Å². The Hall–Kier alpha value is -1.66. The van der Waals surface area contributed by atoms with Crippen LogP contribution in [0, 0.1) is 0 Å². The number of amides is 1. The highest BCUT2D eigenvalue weighted by atomic mass is 16.5. The molecule has 0 aliphatic rings. The van der Waals surface area contributed by atoms with E-state index >= 15 is 0 Å². The Bertz CT molecular complexity index is 843. The molecule has 0 radical (unpaired) electrons. The first-order valence-electron chi connectivity index (χ1n) is 23.6. The predicted octanol–water partition coefficient (Wildman–Crippen LogP) is 13.6. The maximum Gasteiger partial charge on any atom is 0.305 e. The van der Waals surface area contributed by atoms with Crippen molar-refractivity contribution in [1.29, 1.82) is 0 Å². The van der Waals surface area contributed by atoms with Crippen molar-refractivity contribution < 1.29 is 24.5 Å². The quantitative estimate of drug-likeness (QED) is 0.0327. The second kappa shape index (κ2) is 44.1. The average Bonchev–Trinajstić information content (AvgIpc) is 3.17. The molecule has 0 aromatic rings. The molecule has 0 saturated heterocycles. The van der Waals surface area contributed by atoms with Gasteiger partial charge in [-0.1, -0.05) is 199 Å². The van der Waals surface area contributed by atoms with Gasteiger partial charge in [0.15, 0.2) is 0 Å². The fourth-order valence-corrected chi connectivity index (χ4v) is 7.04. The van der Waals surface area contributed by atoms with E-state index in [9.17, 15) is 19.8 Å². The van der Waals surface area contributed by atoms with E-state index in [0.717, 1.165) is 83.5 Å². The van der Waals surface area contributed by atoms with Crippen LogP contribution >= 0.6 is 0 Å². The second-order valence-corrected chi connectivity index (χ2v) is 16.1. The van der Waals surface area contributed by atoms with Crippen molar-refractivity contribution in [2.75, 3.05) is 13.2 Å². The van der Waals surface area contributed by atoms with Crippen molar-refractivity contribution in [3.63, 3.8) is 0 Å². The van der Waals surface area contributed by atoms with Crippen LogP contribution in [0.2, 0.25) is 0 Å². The van der Waals surface area contributed by atoms with Gasteiger partial charge in [0.25, 0.3) is 0 Å². The maximum atomic E-state index is 12.4. The van der Waals surface area contributed by atoms with Crippen molar-refractivity contribution in [1.82, 2.24) is 5.32 Å². The van der Waals surface area contributed by atoms with Gasteiger partial charge in [-0.25, -0.2) is 0 Å². The number of hydrogen-bond acceptors (Lipinski definition) is 5. The maximum absolute atomic E-state index is 12.4.